The van der Waals surface area contributed by atoms with Crippen LogP contribution in [-0.2, 0) is 17.9 Å². The molecular formula is C13H15N5O2. The Kier molecular flexibility index (Phi) is 4.82. The van der Waals surface area contributed by atoms with Gasteiger partial charge in [-0.15, -0.1) is 16.8 Å². The number of tetrazole rings is 1. The van der Waals surface area contributed by atoms with Gasteiger partial charge in [0.05, 0.1) is 0 Å². The van der Waals surface area contributed by atoms with Gasteiger partial charge in [-0.25, -0.2) is 0 Å². The summed E-state index contributed by atoms with van der Waals surface area (Å²) < 4.78 is 5.48. The lowest BCUT2D eigenvalue weighted by Crippen LogP contribution is -2.28. The summed E-state index contributed by atoms with van der Waals surface area (Å²) in [5.74, 6) is 0.954. The number of nitrogens with zero attached hydrogens (tertiary/aromatic N) is 4. The maximum atomic E-state index is 11.4. The van der Waals surface area contributed by atoms with E-state index in [1.807, 2.05) is 30.3 Å². The van der Waals surface area contributed by atoms with Crippen LogP contribution in [0.4, 0.5) is 0 Å². The summed E-state index contributed by atoms with van der Waals surface area (Å²) in [6.45, 7) is 4.16. The fourth-order valence-corrected chi connectivity index (χ4v) is 1.44. The van der Waals surface area contributed by atoms with Gasteiger partial charge < -0.3 is 10.1 Å². The van der Waals surface area contributed by atoms with Gasteiger partial charge in [-0.1, -0.05) is 24.3 Å². The highest BCUT2D eigenvalue weighted by atomic mass is 16.5. The van der Waals surface area contributed by atoms with Gasteiger partial charge in [-0.05, 0) is 17.3 Å². The molecule has 20 heavy (non-hydrogen) atoms. The van der Waals surface area contributed by atoms with Gasteiger partial charge in [-0.3, -0.25) is 4.79 Å². The van der Waals surface area contributed by atoms with E-state index in [2.05, 4.69) is 27.3 Å². The van der Waals surface area contributed by atoms with Gasteiger partial charge in [0.15, 0.2) is 6.61 Å². The predicted molar refractivity (Wildman–Crippen MR) is 71.8 cm³/mol. The highest BCUT2D eigenvalue weighted by molar-refractivity contribution is 5.75. The molecule has 0 aliphatic carbocycles. The third-order valence-corrected chi connectivity index (χ3v) is 2.33. The quantitative estimate of drug-likeness (QED) is 0.745. The number of amides is 1. The number of nitrogens with one attached hydrogen (secondary N) is 1. The monoisotopic (exact) mass is 273 g/mol. The first-order valence-electron chi connectivity index (χ1n) is 6.10. The molecule has 0 saturated carbocycles. The number of benzene rings is 1. The average Bonchev–Trinajstić information content (AvgIpc) is 2.91. The molecular weight excluding hydrogens is 258 g/mol. The second kappa shape index (κ2) is 7.03. The van der Waals surface area contributed by atoms with Crippen molar-refractivity contribution in [1.29, 1.82) is 0 Å². The lowest BCUT2D eigenvalue weighted by atomic mass is 10.3. The van der Waals surface area contributed by atoms with E-state index in [0.29, 0.717) is 12.4 Å². The molecule has 1 amide bonds. The highest BCUT2D eigenvalue weighted by Crippen LogP contribution is 2.09. The summed E-state index contributed by atoms with van der Waals surface area (Å²) in [7, 11) is 0. The standard InChI is InChI=1S/C13H15N5O2/c1-2-8-14-13(19)9-18-16-12(15-17-18)10-20-11-6-4-3-5-7-11/h2-7H,1,8-10H2,(H,14,19). The number of carbonyl (C=O) groups excluding carboxylic acids is 1. The van der Waals surface area contributed by atoms with Crippen LogP contribution < -0.4 is 10.1 Å². The van der Waals surface area contributed by atoms with E-state index in [0.717, 1.165) is 5.75 Å². The lowest BCUT2D eigenvalue weighted by Gasteiger charge is -2.02. The highest BCUT2D eigenvalue weighted by Gasteiger charge is 2.07. The fraction of sp³-hybridized carbons (Fsp3) is 0.231. The van der Waals surface area contributed by atoms with Crippen LogP contribution in [0.25, 0.3) is 0 Å². The van der Waals surface area contributed by atoms with Crippen molar-refractivity contribution in [2.24, 2.45) is 0 Å². The molecule has 1 N–H and O–H groups in total. The van der Waals surface area contributed by atoms with Gasteiger partial charge >= 0.3 is 0 Å². The van der Waals surface area contributed by atoms with Crippen LogP contribution in [0.1, 0.15) is 5.82 Å². The SMILES string of the molecule is C=CCNC(=O)Cn1nnc(COc2ccccc2)n1. The third kappa shape index (κ3) is 4.20. The summed E-state index contributed by atoms with van der Waals surface area (Å²) in [4.78, 5) is 12.7. The Hall–Kier alpha value is -2.70. The number of para-hydroxylation sites is 1. The van der Waals surface area contributed by atoms with Crippen LogP contribution in [-0.4, -0.2) is 32.7 Å². The number of aromatic nitrogens is 4. The summed E-state index contributed by atoms with van der Waals surface area (Å²) in [6, 6.07) is 9.34. The second-order valence-corrected chi connectivity index (χ2v) is 3.93. The Morgan fingerprint density at radius 3 is 2.95 bits per heavy atom. The third-order valence-electron chi connectivity index (χ3n) is 2.33. The lowest BCUT2D eigenvalue weighted by molar-refractivity contribution is -0.121. The zero-order valence-corrected chi connectivity index (χ0v) is 10.9. The van der Waals surface area contributed by atoms with Crippen LogP contribution in [0, 0.1) is 0 Å². The Balaban J connectivity index is 1.83. The van der Waals surface area contributed by atoms with E-state index in [9.17, 15) is 4.79 Å². The van der Waals surface area contributed by atoms with Crippen molar-refractivity contribution in [3.05, 3.63) is 48.8 Å². The number of ether oxygens (including phenoxy) is 1. The minimum absolute atomic E-state index is 0.0200. The van der Waals surface area contributed by atoms with Crippen molar-refractivity contribution in [3.63, 3.8) is 0 Å². The fourth-order valence-electron chi connectivity index (χ4n) is 1.44. The molecule has 0 fully saturated rings. The minimum Gasteiger partial charge on any atom is -0.485 e. The van der Waals surface area contributed by atoms with Gasteiger partial charge in [-0.2, -0.15) is 4.80 Å². The molecule has 0 bridgehead atoms. The van der Waals surface area contributed by atoms with Crippen LogP contribution in [0.3, 0.4) is 0 Å². The number of carbonyl (C=O) groups is 1. The summed E-state index contributed by atoms with van der Waals surface area (Å²) in [6.07, 6.45) is 1.60. The van der Waals surface area contributed by atoms with Crippen LogP contribution in [0.15, 0.2) is 43.0 Å². The summed E-state index contributed by atoms with van der Waals surface area (Å²) in [5.41, 5.74) is 0. The Labute approximate surface area is 116 Å². The topological polar surface area (TPSA) is 81.9 Å². The van der Waals surface area contributed by atoms with Crippen LogP contribution in [0.2, 0.25) is 0 Å². The molecule has 0 spiro atoms. The average molecular weight is 273 g/mol. The van der Waals surface area contributed by atoms with E-state index in [1.165, 1.54) is 4.80 Å². The first-order chi connectivity index (χ1) is 9.78. The molecule has 1 aromatic heterocycles. The van der Waals surface area contributed by atoms with E-state index >= 15 is 0 Å². The van der Waals surface area contributed by atoms with Crippen molar-refractivity contribution in [2.45, 2.75) is 13.2 Å². The molecule has 0 unspecified atom stereocenters. The first-order valence-corrected chi connectivity index (χ1v) is 6.10. The molecule has 1 heterocycles. The molecule has 7 nitrogen and oxygen atoms in total. The van der Waals surface area contributed by atoms with Crippen molar-refractivity contribution >= 4 is 5.91 Å². The molecule has 0 aliphatic heterocycles. The second-order valence-electron chi connectivity index (χ2n) is 3.93. The Morgan fingerprint density at radius 2 is 2.20 bits per heavy atom. The van der Waals surface area contributed by atoms with Crippen LogP contribution >= 0.6 is 0 Å². The van der Waals surface area contributed by atoms with Crippen molar-refractivity contribution < 1.29 is 9.53 Å². The molecule has 7 heteroatoms. The van der Waals surface area contributed by atoms with E-state index in [1.54, 1.807) is 6.08 Å². The van der Waals surface area contributed by atoms with E-state index in [4.69, 9.17) is 4.74 Å². The normalized spacial score (nSPS) is 10.0. The maximum Gasteiger partial charge on any atom is 0.243 e. The zero-order chi connectivity index (χ0) is 14.2. The minimum atomic E-state index is -0.196. The largest absolute Gasteiger partial charge is 0.485 e. The van der Waals surface area contributed by atoms with Crippen molar-refractivity contribution in [1.82, 2.24) is 25.5 Å². The van der Waals surface area contributed by atoms with Gasteiger partial charge in [0, 0.05) is 6.54 Å². The molecule has 1 aromatic carbocycles. The number of rotatable bonds is 7. The molecule has 0 saturated heterocycles. The first kappa shape index (κ1) is 13.7. The molecule has 0 radical (unpaired) electrons. The Bertz CT molecular complexity index is 567. The van der Waals surface area contributed by atoms with Crippen molar-refractivity contribution in [2.75, 3.05) is 6.54 Å². The molecule has 0 atom stereocenters. The van der Waals surface area contributed by atoms with E-state index < -0.39 is 0 Å². The molecule has 2 rings (SSSR count). The number of hydrogen-bond acceptors (Lipinski definition) is 5. The van der Waals surface area contributed by atoms with Gasteiger partial charge in [0.1, 0.15) is 12.3 Å². The van der Waals surface area contributed by atoms with Gasteiger partial charge in [0.2, 0.25) is 11.7 Å². The predicted octanol–water partition coefficient (Wildman–Crippen LogP) is 0.554. The number of hydrogen-bond donors (Lipinski definition) is 1. The summed E-state index contributed by atoms with van der Waals surface area (Å²) in [5, 5.41) is 14.3. The molecule has 104 valence electrons. The van der Waals surface area contributed by atoms with Crippen LogP contribution in [0.5, 0.6) is 5.75 Å². The van der Waals surface area contributed by atoms with Crippen molar-refractivity contribution in [3.8, 4) is 5.75 Å². The van der Waals surface area contributed by atoms with E-state index in [-0.39, 0.29) is 19.1 Å². The zero-order valence-electron chi connectivity index (χ0n) is 10.9. The Morgan fingerprint density at radius 1 is 1.40 bits per heavy atom. The summed E-state index contributed by atoms with van der Waals surface area (Å²) >= 11 is 0. The smallest absolute Gasteiger partial charge is 0.243 e. The molecule has 2 aromatic rings. The maximum absolute atomic E-state index is 11.4. The molecule has 0 aliphatic rings. The van der Waals surface area contributed by atoms with Gasteiger partial charge in [0.25, 0.3) is 0 Å².